The third-order valence-electron chi connectivity index (χ3n) is 5.94. The van der Waals surface area contributed by atoms with Crippen molar-refractivity contribution >= 4 is 46.2 Å². The van der Waals surface area contributed by atoms with Crippen LogP contribution < -0.4 is 4.90 Å². The van der Waals surface area contributed by atoms with Crippen molar-refractivity contribution in [1.82, 2.24) is 4.90 Å². The molecular formula is C25H22Cl3N3. The molecule has 6 heteroatoms. The van der Waals surface area contributed by atoms with Crippen LogP contribution in [-0.4, -0.2) is 24.5 Å². The number of halogens is 3. The predicted octanol–water partition coefficient (Wildman–Crippen LogP) is 7.82. The normalized spacial score (nSPS) is 17.9. The van der Waals surface area contributed by atoms with Crippen molar-refractivity contribution in [3.05, 3.63) is 104 Å². The van der Waals surface area contributed by atoms with Gasteiger partial charge in [-0.15, -0.1) is 0 Å². The Labute approximate surface area is 198 Å². The summed E-state index contributed by atoms with van der Waals surface area (Å²) in [6, 6.07) is 22.0. The molecule has 1 aliphatic rings. The van der Waals surface area contributed by atoms with Gasteiger partial charge in [-0.1, -0.05) is 71.2 Å². The number of anilines is 1. The molecule has 1 saturated heterocycles. The van der Waals surface area contributed by atoms with Crippen molar-refractivity contribution < 1.29 is 0 Å². The van der Waals surface area contributed by atoms with Crippen LogP contribution in [0, 0.1) is 6.57 Å². The summed E-state index contributed by atoms with van der Waals surface area (Å²) in [5, 5.41) is 2.01. The van der Waals surface area contributed by atoms with Crippen molar-refractivity contribution in [2.24, 2.45) is 0 Å². The van der Waals surface area contributed by atoms with E-state index in [1.807, 2.05) is 36.4 Å². The van der Waals surface area contributed by atoms with Gasteiger partial charge in [0.05, 0.1) is 23.3 Å². The molecule has 0 amide bonds. The fraction of sp³-hybridized carbons (Fsp3) is 0.240. The summed E-state index contributed by atoms with van der Waals surface area (Å²) in [4.78, 5) is 8.33. The SMILES string of the molecule is [C-]#[N+]c1ccc(C(C)N2CCN(c3ccc(Cl)cc3Cl)[C@H](c3ccc(Cl)cc3)C2)cc1. The molecule has 0 radical (unpaired) electrons. The Kier molecular flexibility index (Phi) is 6.74. The van der Waals surface area contributed by atoms with Crippen LogP contribution in [0.2, 0.25) is 15.1 Å². The topological polar surface area (TPSA) is 10.8 Å². The monoisotopic (exact) mass is 469 g/mol. The van der Waals surface area contributed by atoms with E-state index in [1.165, 1.54) is 11.1 Å². The first-order valence-corrected chi connectivity index (χ1v) is 11.3. The van der Waals surface area contributed by atoms with E-state index in [0.29, 0.717) is 15.7 Å². The molecule has 0 bridgehead atoms. The van der Waals surface area contributed by atoms with Gasteiger partial charge in [0.1, 0.15) is 0 Å². The van der Waals surface area contributed by atoms with E-state index in [4.69, 9.17) is 41.4 Å². The second-order valence-electron chi connectivity index (χ2n) is 7.73. The molecule has 3 nitrogen and oxygen atoms in total. The predicted molar refractivity (Wildman–Crippen MR) is 131 cm³/mol. The summed E-state index contributed by atoms with van der Waals surface area (Å²) in [6.45, 7) is 12.0. The van der Waals surface area contributed by atoms with Gasteiger partial charge in [-0.2, -0.15) is 0 Å². The molecule has 158 valence electrons. The molecule has 0 saturated carbocycles. The van der Waals surface area contributed by atoms with Crippen LogP contribution in [0.1, 0.15) is 30.1 Å². The summed E-state index contributed by atoms with van der Waals surface area (Å²) < 4.78 is 0. The van der Waals surface area contributed by atoms with Gasteiger partial charge in [0, 0.05) is 35.7 Å². The number of benzene rings is 3. The summed E-state index contributed by atoms with van der Waals surface area (Å²) in [6.07, 6.45) is 0. The Morgan fingerprint density at radius 2 is 1.58 bits per heavy atom. The largest absolute Gasteiger partial charge is 0.361 e. The van der Waals surface area contributed by atoms with Crippen LogP contribution in [0.25, 0.3) is 4.85 Å². The zero-order chi connectivity index (χ0) is 22.0. The fourth-order valence-electron chi connectivity index (χ4n) is 4.17. The fourth-order valence-corrected chi connectivity index (χ4v) is 4.81. The van der Waals surface area contributed by atoms with E-state index in [1.54, 1.807) is 6.07 Å². The third kappa shape index (κ3) is 4.84. The van der Waals surface area contributed by atoms with E-state index in [2.05, 4.69) is 45.8 Å². The number of nitrogens with zero attached hydrogens (tertiary/aromatic N) is 3. The molecule has 0 spiro atoms. The number of hydrogen-bond donors (Lipinski definition) is 0. The van der Waals surface area contributed by atoms with Gasteiger partial charge in [0.15, 0.2) is 5.69 Å². The molecule has 3 aromatic carbocycles. The lowest BCUT2D eigenvalue weighted by atomic mass is 9.98. The summed E-state index contributed by atoms with van der Waals surface area (Å²) in [5.41, 5.74) is 4.05. The molecule has 1 aliphatic heterocycles. The van der Waals surface area contributed by atoms with Crippen LogP contribution in [0.3, 0.4) is 0 Å². The van der Waals surface area contributed by atoms with Crippen molar-refractivity contribution in [3.63, 3.8) is 0 Å². The summed E-state index contributed by atoms with van der Waals surface area (Å²) in [5.74, 6) is 0. The first kappa shape index (κ1) is 22.0. The van der Waals surface area contributed by atoms with E-state index >= 15 is 0 Å². The Hall–Kier alpha value is -2.22. The molecule has 0 aromatic heterocycles. The molecule has 1 unspecified atom stereocenters. The van der Waals surface area contributed by atoms with Crippen molar-refractivity contribution in [2.45, 2.75) is 19.0 Å². The minimum atomic E-state index is 0.120. The van der Waals surface area contributed by atoms with Crippen molar-refractivity contribution in [1.29, 1.82) is 0 Å². The van der Waals surface area contributed by atoms with Gasteiger partial charge in [0.2, 0.25) is 0 Å². The second kappa shape index (κ2) is 9.51. The lowest BCUT2D eigenvalue weighted by Crippen LogP contribution is -2.49. The highest BCUT2D eigenvalue weighted by Crippen LogP contribution is 2.38. The van der Waals surface area contributed by atoms with Crippen LogP contribution in [0.15, 0.2) is 66.7 Å². The number of rotatable bonds is 4. The Morgan fingerprint density at radius 1 is 0.903 bits per heavy atom. The van der Waals surface area contributed by atoms with Crippen LogP contribution in [-0.2, 0) is 0 Å². The Morgan fingerprint density at radius 3 is 2.23 bits per heavy atom. The first-order valence-electron chi connectivity index (χ1n) is 10.1. The van der Waals surface area contributed by atoms with Gasteiger partial charge in [-0.05, 0) is 48.4 Å². The number of hydrogen-bond acceptors (Lipinski definition) is 2. The minimum Gasteiger partial charge on any atom is -0.361 e. The first-order chi connectivity index (χ1) is 15.0. The highest BCUT2D eigenvalue weighted by atomic mass is 35.5. The molecule has 0 aliphatic carbocycles. The third-order valence-corrected chi connectivity index (χ3v) is 6.73. The van der Waals surface area contributed by atoms with Gasteiger partial charge in [-0.25, -0.2) is 4.85 Å². The van der Waals surface area contributed by atoms with Crippen molar-refractivity contribution in [2.75, 3.05) is 24.5 Å². The molecular weight excluding hydrogens is 449 g/mol. The van der Waals surface area contributed by atoms with Gasteiger partial charge in [0.25, 0.3) is 0 Å². The van der Waals surface area contributed by atoms with Crippen LogP contribution >= 0.6 is 34.8 Å². The maximum Gasteiger partial charge on any atom is 0.187 e. The lowest BCUT2D eigenvalue weighted by Gasteiger charge is -2.45. The standard InChI is InChI=1S/C25H22Cl3N3/c1-17(18-5-10-22(29-2)11-6-18)30-13-14-31(24-12-9-21(27)15-23(24)28)25(16-30)19-3-7-20(26)8-4-19/h3-12,15,17,25H,13-14,16H2,1H3/t17?,25-/m0/s1. The molecule has 3 aromatic rings. The smallest absolute Gasteiger partial charge is 0.187 e. The maximum absolute atomic E-state index is 7.17. The average molecular weight is 471 g/mol. The lowest BCUT2D eigenvalue weighted by molar-refractivity contribution is 0.171. The Bertz CT molecular complexity index is 1090. The summed E-state index contributed by atoms with van der Waals surface area (Å²) in [7, 11) is 0. The van der Waals surface area contributed by atoms with Crippen LogP contribution in [0.4, 0.5) is 11.4 Å². The van der Waals surface area contributed by atoms with E-state index < -0.39 is 0 Å². The molecule has 31 heavy (non-hydrogen) atoms. The van der Waals surface area contributed by atoms with Crippen molar-refractivity contribution in [3.8, 4) is 0 Å². The summed E-state index contributed by atoms with van der Waals surface area (Å²) >= 11 is 18.9. The van der Waals surface area contributed by atoms with E-state index in [-0.39, 0.29) is 12.1 Å². The highest BCUT2D eigenvalue weighted by molar-refractivity contribution is 6.36. The van der Waals surface area contributed by atoms with Gasteiger partial charge < -0.3 is 4.90 Å². The highest BCUT2D eigenvalue weighted by Gasteiger charge is 2.32. The molecule has 4 rings (SSSR count). The average Bonchev–Trinajstić information content (AvgIpc) is 2.79. The second-order valence-corrected chi connectivity index (χ2v) is 9.01. The van der Waals surface area contributed by atoms with Gasteiger partial charge >= 0.3 is 0 Å². The number of piperazine rings is 1. The zero-order valence-corrected chi connectivity index (χ0v) is 19.4. The molecule has 1 fully saturated rings. The molecule has 0 N–H and O–H groups in total. The molecule has 1 heterocycles. The van der Waals surface area contributed by atoms with Crippen LogP contribution in [0.5, 0.6) is 0 Å². The molecule has 2 atom stereocenters. The quantitative estimate of drug-likeness (QED) is 0.360. The Balaban J connectivity index is 1.65. The van der Waals surface area contributed by atoms with Gasteiger partial charge in [-0.3, -0.25) is 4.90 Å². The van der Waals surface area contributed by atoms with E-state index in [9.17, 15) is 0 Å². The minimum absolute atomic E-state index is 0.120. The van der Waals surface area contributed by atoms with E-state index in [0.717, 1.165) is 30.3 Å². The zero-order valence-electron chi connectivity index (χ0n) is 17.1. The maximum atomic E-state index is 7.17.